The molecule has 1 aliphatic rings. The molecule has 18 heavy (non-hydrogen) atoms. The molecule has 2 heterocycles. The number of aromatic nitrogens is 1. The van der Waals surface area contributed by atoms with Crippen molar-refractivity contribution in [2.75, 3.05) is 6.54 Å². The highest BCUT2D eigenvalue weighted by Crippen LogP contribution is 2.32. The second-order valence-electron chi connectivity index (χ2n) is 4.36. The first-order chi connectivity index (χ1) is 8.74. The lowest BCUT2D eigenvalue weighted by atomic mass is 10.2. The fourth-order valence-corrected chi connectivity index (χ4v) is 3.31. The van der Waals surface area contributed by atoms with Crippen molar-refractivity contribution in [2.24, 2.45) is 0 Å². The summed E-state index contributed by atoms with van der Waals surface area (Å²) in [5.41, 5.74) is 2.16. The minimum absolute atomic E-state index is 0.415. The molecule has 0 saturated carbocycles. The van der Waals surface area contributed by atoms with Gasteiger partial charge < -0.3 is 5.32 Å². The van der Waals surface area contributed by atoms with Gasteiger partial charge >= 0.3 is 0 Å². The minimum atomic E-state index is 0.415. The van der Waals surface area contributed by atoms with Gasteiger partial charge in [0.05, 0.1) is 21.8 Å². The highest BCUT2D eigenvalue weighted by atomic mass is 35.5. The van der Waals surface area contributed by atoms with E-state index in [1.165, 1.54) is 12.8 Å². The zero-order valence-corrected chi connectivity index (χ0v) is 11.9. The molecule has 1 aromatic heterocycles. The Kier molecular flexibility index (Phi) is 3.57. The summed E-state index contributed by atoms with van der Waals surface area (Å²) in [6.07, 6.45) is 2.40. The Balaban J connectivity index is 1.89. The number of nitrogens with zero attached hydrogens (tertiary/aromatic N) is 1. The van der Waals surface area contributed by atoms with Crippen LogP contribution in [0.3, 0.4) is 0 Å². The first-order valence-corrected chi connectivity index (χ1v) is 7.52. The normalized spacial score (nSPS) is 19.3. The van der Waals surface area contributed by atoms with Crippen LogP contribution in [0.2, 0.25) is 10.0 Å². The number of thiazole rings is 1. The van der Waals surface area contributed by atoms with Gasteiger partial charge in [-0.3, -0.25) is 0 Å². The van der Waals surface area contributed by atoms with Crippen molar-refractivity contribution in [2.45, 2.75) is 18.9 Å². The Bertz CT molecular complexity index is 562. The largest absolute Gasteiger partial charge is 0.309 e. The Morgan fingerprint density at radius 3 is 2.89 bits per heavy atom. The van der Waals surface area contributed by atoms with Crippen LogP contribution in [0, 0.1) is 0 Å². The molecule has 0 unspecified atom stereocenters. The van der Waals surface area contributed by atoms with Crippen LogP contribution in [0.15, 0.2) is 23.6 Å². The minimum Gasteiger partial charge on any atom is -0.309 e. The van der Waals surface area contributed by atoms with E-state index in [-0.39, 0.29) is 0 Å². The lowest BCUT2D eigenvalue weighted by Crippen LogP contribution is -2.12. The molecule has 0 radical (unpaired) electrons. The van der Waals surface area contributed by atoms with E-state index in [0.717, 1.165) is 22.8 Å². The van der Waals surface area contributed by atoms with Gasteiger partial charge in [0.15, 0.2) is 0 Å². The summed E-state index contributed by atoms with van der Waals surface area (Å²) in [6, 6.07) is 6.06. The van der Waals surface area contributed by atoms with Gasteiger partial charge in [-0.2, -0.15) is 0 Å². The quantitative estimate of drug-likeness (QED) is 0.880. The Morgan fingerprint density at radius 2 is 2.17 bits per heavy atom. The van der Waals surface area contributed by atoms with Crippen LogP contribution in [0.25, 0.3) is 10.6 Å². The number of halogens is 2. The first-order valence-electron chi connectivity index (χ1n) is 5.88. The Morgan fingerprint density at radius 1 is 1.28 bits per heavy atom. The summed E-state index contributed by atoms with van der Waals surface area (Å²) < 4.78 is 0. The summed E-state index contributed by atoms with van der Waals surface area (Å²) in [5.74, 6) is 0. The SMILES string of the molecule is Clc1ccc(-c2nc([C@@H]3CCCN3)cs2)cc1Cl. The third-order valence-corrected chi connectivity index (χ3v) is 4.75. The summed E-state index contributed by atoms with van der Waals surface area (Å²) in [6.45, 7) is 1.09. The van der Waals surface area contributed by atoms with Crippen LogP contribution in [0.4, 0.5) is 0 Å². The van der Waals surface area contributed by atoms with E-state index >= 15 is 0 Å². The van der Waals surface area contributed by atoms with E-state index in [4.69, 9.17) is 23.2 Å². The van der Waals surface area contributed by atoms with E-state index in [1.807, 2.05) is 18.2 Å². The molecule has 0 aliphatic carbocycles. The molecule has 3 rings (SSSR count). The molecule has 1 aliphatic heterocycles. The fraction of sp³-hybridized carbons (Fsp3) is 0.308. The standard InChI is InChI=1S/C13H12Cl2N2S/c14-9-4-3-8(6-10(9)15)13-17-12(7-18-13)11-2-1-5-16-11/h3-4,6-7,11,16H,1-2,5H2/t11-/m0/s1. The van der Waals surface area contributed by atoms with Crippen LogP contribution in [0.5, 0.6) is 0 Å². The second-order valence-corrected chi connectivity index (χ2v) is 6.03. The van der Waals surface area contributed by atoms with Crippen molar-refractivity contribution < 1.29 is 0 Å². The van der Waals surface area contributed by atoms with Crippen molar-refractivity contribution in [1.29, 1.82) is 0 Å². The lowest BCUT2D eigenvalue weighted by Gasteiger charge is -2.05. The lowest BCUT2D eigenvalue weighted by molar-refractivity contribution is 0.632. The van der Waals surface area contributed by atoms with Crippen LogP contribution < -0.4 is 5.32 Å². The second kappa shape index (κ2) is 5.17. The Labute approximate surface area is 120 Å². The van der Waals surface area contributed by atoms with Crippen molar-refractivity contribution in [3.05, 3.63) is 39.3 Å². The summed E-state index contributed by atoms with van der Waals surface area (Å²) in [4.78, 5) is 4.69. The van der Waals surface area contributed by atoms with Crippen molar-refractivity contribution >= 4 is 34.5 Å². The van der Waals surface area contributed by atoms with Gasteiger partial charge in [0.25, 0.3) is 0 Å². The van der Waals surface area contributed by atoms with Crippen LogP contribution in [-0.4, -0.2) is 11.5 Å². The third-order valence-electron chi connectivity index (χ3n) is 3.11. The van der Waals surface area contributed by atoms with E-state index in [0.29, 0.717) is 16.1 Å². The van der Waals surface area contributed by atoms with Crippen LogP contribution >= 0.6 is 34.5 Å². The summed E-state index contributed by atoms with van der Waals surface area (Å²) in [7, 11) is 0. The summed E-state index contributed by atoms with van der Waals surface area (Å²) >= 11 is 13.6. The molecule has 1 saturated heterocycles. The first kappa shape index (κ1) is 12.4. The van der Waals surface area contributed by atoms with E-state index in [9.17, 15) is 0 Å². The smallest absolute Gasteiger partial charge is 0.123 e. The average Bonchev–Trinajstić information content (AvgIpc) is 3.01. The maximum absolute atomic E-state index is 6.03. The van der Waals surface area contributed by atoms with Gasteiger partial charge in [-0.25, -0.2) is 4.98 Å². The topological polar surface area (TPSA) is 24.9 Å². The predicted molar refractivity (Wildman–Crippen MR) is 77.5 cm³/mol. The van der Waals surface area contributed by atoms with Gasteiger partial charge in [0.2, 0.25) is 0 Å². The van der Waals surface area contributed by atoms with Crippen molar-refractivity contribution in [3.63, 3.8) is 0 Å². The highest BCUT2D eigenvalue weighted by Gasteiger charge is 2.19. The molecule has 0 amide bonds. The van der Waals surface area contributed by atoms with E-state index in [1.54, 1.807) is 11.3 Å². The third kappa shape index (κ3) is 2.41. The van der Waals surface area contributed by atoms with Crippen LogP contribution in [0.1, 0.15) is 24.6 Å². The molecule has 1 atom stereocenters. The number of rotatable bonds is 2. The molecule has 5 heteroatoms. The van der Waals surface area contributed by atoms with Gasteiger partial charge in [-0.15, -0.1) is 11.3 Å². The molecular formula is C13H12Cl2N2S. The Hall–Kier alpha value is -0.610. The predicted octanol–water partition coefficient (Wildman–Crippen LogP) is 4.54. The van der Waals surface area contributed by atoms with Crippen molar-refractivity contribution in [3.8, 4) is 10.6 Å². The number of nitrogens with one attached hydrogen (secondary N) is 1. The molecule has 2 nitrogen and oxygen atoms in total. The molecule has 0 bridgehead atoms. The van der Waals surface area contributed by atoms with Crippen molar-refractivity contribution in [1.82, 2.24) is 10.3 Å². The highest BCUT2D eigenvalue weighted by molar-refractivity contribution is 7.13. The average molecular weight is 299 g/mol. The zero-order valence-electron chi connectivity index (χ0n) is 9.62. The zero-order chi connectivity index (χ0) is 12.5. The molecule has 2 aromatic rings. The number of benzene rings is 1. The number of hydrogen-bond donors (Lipinski definition) is 1. The van der Waals surface area contributed by atoms with Gasteiger partial charge in [0.1, 0.15) is 5.01 Å². The van der Waals surface area contributed by atoms with Gasteiger partial charge in [-0.1, -0.05) is 29.3 Å². The maximum Gasteiger partial charge on any atom is 0.123 e. The van der Waals surface area contributed by atoms with Crippen LogP contribution in [-0.2, 0) is 0 Å². The fourth-order valence-electron chi connectivity index (χ4n) is 2.14. The molecule has 1 N–H and O–H groups in total. The number of hydrogen-bond acceptors (Lipinski definition) is 3. The van der Waals surface area contributed by atoms with E-state index in [2.05, 4.69) is 15.7 Å². The molecule has 0 spiro atoms. The molecule has 1 aromatic carbocycles. The van der Waals surface area contributed by atoms with Gasteiger partial charge in [0, 0.05) is 10.9 Å². The summed E-state index contributed by atoms with van der Waals surface area (Å²) in [5, 5.41) is 7.73. The maximum atomic E-state index is 6.03. The molecular weight excluding hydrogens is 287 g/mol. The van der Waals surface area contributed by atoms with E-state index < -0.39 is 0 Å². The molecule has 94 valence electrons. The monoisotopic (exact) mass is 298 g/mol. The van der Waals surface area contributed by atoms with Gasteiger partial charge in [-0.05, 0) is 31.5 Å². The molecule has 1 fully saturated rings.